The van der Waals surface area contributed by atoms with E-state index in [0.29, 0.717) is 5.56 Å². The molecule has 0 aliphatic heterocycles. The van der Waals surface area contributed by atoms with Gasteiger partial charge in [0.2, 0.25) is 0 Å². The van der Waals surface area contributed by atoms with E-state index in [1.807, 2.05) is 0 Å². The summed E-state index contributed by atoms with van der Waals surface area (Å²) in [4.78, 5) is -0.0296. The molecule has 2 nitrogen and oxygen atoms in total. The van der Waals surface area contributed by atoms with Crippen molar-refractivity contribution in [3.63, 3.8) is 0 Å². The van der Waals surface area contributed by atoms with Gasteiger partial charge in [-0.3, -0.25) is 0 Å². The highest BCUT2D eigenvalue weighted by Crippen LogP contribution is 2.31. The SMILES string of the molecule is CC(C)(C)c1cc(F)ccc1S(=O)(=O)Cl. The zero-order valence-corrected chi connectivity index (χ0v) is 10.3. The first-order chi connectivity index (χ1) is 6.62. The van der Waals surface area contributed by atoms with Crippen LogP contribution in [0.3, 0.4) is 0 Å². The average Bonchev–Trinajstić information content (AvgIpc) is 2.00. The molecule has 0 aliphatic carbocycles. The zero-order valence-electron chi connectivity index (χ0n) is 8.71. The van der Waals surface area contributed by atoms with Crippen molar-refractivity contribution in [3.05, 3.63) is 29.6 Å². The van der Waals surface area contributed by atoms with Crippen LogP contribution in [0, 0.1) is 5.82 Å². The molecule has 84 valence electrons. The third-order valence-corrected chi connectivity index (χ3v) is 3.39. The van der Waals surface area contributed by atoms with Crippen molar-refractivity contribution in [2.45, 2.75) is 31.1 Å². The lowest BCUT2D eigenvalue weighted by Crippen LogP contribution is -2.15. The van der Waals surface area contributed by atoms with Crippen LogP contribution >= 0.6 is 10.7 Å². The molecular formula is C10H12ClFO2S. The third-order valence-electron chi connectivity index (χ3n) is 2.01. The van der Waals surface area contributed by atoms with Crippen LogP contribution in [0.25, 0.3) is 0 Å². The zero-order chi connectivity index (χ0) is 11.9. The van der Waals surface area contributed by atoms with E-state index in [-0.39, 0.29) is 4.90 Å². The Hall–Kier alpha value is -0.610. The van der Waals surface area contributed by atoms with E-state index in [1.165, 1.54) is 12.1 Å². The molecule has 0 amide bonds. The van der Waals surface area contributed by atoms with Gasteiger partial charge in [0.1, 0.15) is 5.82 Å². The molecule has 0 heterocycles. The maximum atomic E-state index is 13.0. The molecule has 0 unspecified atom stereocenters. The van der Waals surface area contributed by atoms with Crippen molar-refractivity contribution in [1.29, 1.82) is 0 Å². The Labute approximate surface area is 93.5 Å². The van der Waals surface area contributed by atoms with E-state index in [4.69, 9.17) is 10.7 Å². The summed E-state index contributed by atoms with van der Waals surface area (Å²) < 4.78 is 35.5. The van der Waals surface area contributed by atoms with Crippen molar-refractivity contribution in [2.24, 2.45) is 0 Å². The molecule has 1 aromatic carbocycles. The van der Waals surface area contributed by atoms with Crippen LogP contribution in [0.4, 0.5) is 4.39 Å². The van der Waals surface area contributed by atoms with E-state index < -0.39 is 20.3 Å². The minimum absolute atomic E-state index is 0.0296. The second-order valence-electron chi connectivity index (χ2n) is 4.33. The molecule has 0 saturated carbocycles. The smallest absolute Gasteiger partial charge is 0.207 e. The van der Waals surface area contributed by atoms with Gasteiger partial charge in [-0.25, -0.2) is 12.8 Å². The minimum Gasteiger partial charge on any atom is -0.207 e. The first-order valence-corrected chi connectivity index (χ1v) is 6.68. The van der Waals surface area contributed by atoms with Crippen LogP contribution < -0.4 is 0 Å². The summed E-state index contributed by atoms with van der Waals surface area (Å²) in [6.45, 7) is 5.40. The van der Waals surface area contributed by atoms with Gasteiger partial charge in [0.15, 0.2) is 0 Å². The predicted octanol–water partition coefficient (Wildman–Crippen LogP) is 3.05. The van der Waals surface area contributed by atoms with Crippen molar-refractivity contribution in [1.82, 2.24) is 0 Å². The highest BCUT2D eigenvalue weighted by atomic mass is 35.7. The number of benzene rings is 1. The van der Waals surface area contributed by atoms with Crippen LogP contribution in [0.15, 0.2) is 23.1 Å². The Bertz CT molecular complexity index is 475. The molecule has 0 radical (unpaired) electrons. The largest absolute Gasteiger partial charge is 0.261 e. The number of halogens is 2. The fraction of sp³-hybridized carbons (Fsp3) is 0.400. The molecular weight excluding hydrogens is 239 g/mol. The topological polar surface area (TPSA) is 34.1 Å². The molecule has 0 atom stereocenters. The van der Waals surface area contributed by atoms with Gasteiger partial charge in [0.05, 0.1) is 4.90 Å². The van der Waals surface area contributed by atoms with Gasteiger partial charge >= 0.3 is 0 Å². The Morgan fingerprint density at radius 3 is 2.20 bits per heavy atom. The number of rotatable bonds is 1. The van der Waals surface area contributed by atoms with E-state index in [1.54, 1.807) is 20.8 Å². The maximum Gasteiger partial charge on any atom is 0.261 e. The molecule has 0 fully saturated rings. The third kappa shape index (κ3) is 2.92. The van der Waals surface area contributed by atoms with Crippen LogP contribution in [0.5, 0.6) is 0 Å². The molecule has 0 saturated heterocycles. The lowest BCUT2D eigenvalue weighted by Gasteiger charge is -2.21. The molecule has 0 aromatic heterocycles. The Morgan fingerprint density at radius 1 is 1.27 bits per heavy atom. The average molecular weight is 251 g/mol. The van der Waals surface area contributed by atoms with Crippen LogP contribution in [-0.2, 0) is 14.5 Å². The van der Waals surface area contributed by atoms with Crippen molar-refractivity contribution >= 4 is 19.7 Å². The van der Waals surface area contributed by atoms with Crippen LogP contribution in [0.2, 0.25) is 0 Å². The number of hydrogen-bond donors (Lipinski definition) is 0. The predicted molar refractivity (Wildman–Crippen MR) is 58.1 cm³/mol. The van der Waals surface area contributed by atoms with Gasteiger partial charge in [0, 0.05) is 10.7 Å². The van der Waals surface area contributed by atoms with Gasteiger partial charge < -0.3 is 0 Å². The quantitative estimate of drug-likeness (QED) is 0.718. The Morgan fingerprint density at radius 2 is 1.80 bits per heavy atom. The minimum atomic E-state index is -3.83. The van der Waals surface area contributed by atoms with Gasteiger partial charge in [0.25, 0.3) is 9.05 Å². The standard InChI is InChI=1S/C10H12ClFO2S/c1-10(2,3)8-6-7(12)4-5-9(8)15(11,13)14/h4-6H,1-3H3. The van der Waals surface area contributed by atoms with Crippen LogP contribution in [0.1, 0.15) is 26.3 Å². The number of hydrogen-bond acceptors (Lipinski definition) is 2. The summed E-state index contributed by atoms with van der Waals surface area (Å²) in [6, 6.07) is 3.48. The lowest BCUT2D eigenvalue weighted by atomic mass is 9.87. The van der Waals surface area contributed by atoms with Crippen molar-refractivity contribution < 1.29 is 12.8 Å². The van der Waals surface area contributed by atoms with E-state index in [2.05, 4.69) is 0 Å². The summed E-state index contributed by atoms with van der Waals surface area (Å²) in [7, 11) is 1.44. The van der Waals surface area contributed by atoms with Gasteiger partial charge in [-0.1, -0.05) is 20.8 Å². The molecule has 1 rings (SSSR count). The highest BCUT2D eigenvalue weighted by Gasteiger charge is 2.24. The highest BCUT2D eigenvalue weighted by molar-refractivity contribution is 8.13. The van der Waals surface area contributed by atoms with Crippen molar-refractivity contribution in [2.75, 3.05) is 0 Å². The monoisotopic (exact) mass is 250 g/mol. The van der Waals surface area contributed by atoms with E-state index in [0.717, 1.165) is 6.07 Å². The molecule has 1 aromatic rings. The Balaban J connectivity index is 3.55. The van der Waals surface area contributed by atoms with Gasteiger partial charge in [-0.2, -0.15) is 0 Å². The molecule has 0 N–H and O–H groups in total. The summed E-state index contributed by atoms with van der Waals surface area (Å²) in [5.41, 5.74) is -0.0862. The first-order valence-electron chi connectivity index (χ1n) is 4.37. The fourth-order valence-electron chi connectivity index (χ4n) is 1.30. The molecule has 5 heteroatoms. The van der Waals surface area contributed by atoms with Crippen LogP contribution in [-0.4, -0.2) is 8.42 Å². The molecule has 0 aliphatic rings. The lowest BCUT2D eigenvalue weighted by molar-refractivity contribution is 0.552. The van der Waals surface area contributed by atoms with Crippen molar-refractivity contribution in [3.8, 4) is 0 Å². The second kappa shape index (κ2) is 3.76. The molecule has 15 heavy (non-hydrogen) atoms. The van der Waals surface area contributed by atoms with Gasteiger partial charge in [-0.05, 0) is 29.2 Å². The summed E-state index contributed by atoms with van der Waals surface area (Å²) in [5.74, 6) is -0.469. The summed E-state index contributed by atoms with van der Waals surface area (Å²) in [5, 5.41) is 0. The summed E-state index contributed by atoms with van der Waals surface area (Å²) >= 11 is 0. The van der Waals surface area contributed by atoms with E-state index in [9.17, 15) is 12.8 Å². The molecule has 0 bridgehead atoms. The second-order valence-corrected chi connectivity index (χ2v) is 6.86. The fourth-order valence-corrected chi connectivity index (χ4v) is 2.56. The summed E-state index contributed by atoms with van der Waals surface area (Å²) in [6.07, 6.45) is 0. The van der Waals surface area contributed by atoms with Gasteiger partial charge in [-0.15, -0.1) is 0 Å². The molecule has 0 spiro atoms. The van der Waals surface area contributed by atoms with E-state index >= 15 is 0 Å². The maximum absolute atomic E-state index is 13.0. The Kier molecular flexibility index (Phi) is 3.12. The first kappa shape index (κ1) is 12.5. The normalized spacial score (nSPS) is 12.9.